The minimum atomic E-state index is 0.723. The van der Waals surface area contributed by atoms with Gasteiger partial charge >= 0.3 is 0 Å². The molecule has 148 valence electrons. The van der Waals surface area contributed by atoms with E-state index < -0.39 is 0 Å². The SMILES string of the molecule is Cc1cc(C)n(CN2CN(Cn3nc(C)cc3C)c3cccc4cccc2c34)n1. The van der Waals surface area contributed by atoms with Gasteiger partial charge in [-0.15, -0.1) is 0 Å². The van der Waals surface area contributed by atoms with Crippen LogP contribution < -0.4 is 9.80 Å². The van der Waals surface area contributed by atoms with E-state index in [0.717, 1.165) is 31.4 Å². The highest BCUT2D eigenvalue weighted by atomic mass is 15.5. The summed E-state index contributed by atoms with van der Waals surface area (Å²) in [5, 5.41) is 11.9. The Kier molecular flexibility index (Phi) is 4.08. The lowest BCUT2D eigenvalue weighted by molar-refractivity contribution is 0.510. The number of benzene rings is 2. The van der Waals surface area contributed by atoms with E-state index in [1.165, 1.54) is 33.5 Å². The molecular weight excluding hydrogens is 360 g/mol. The lowest BCUT2D eigenvalue weighted by Crippen LogP contribution is -2.43. The highest BCUT2D eigenvalue weighted by molar-refractivity contribution is 6.05. The van der Waals surface area contributed by atoms with Gasteiger partial charge < -0.3 is 9.80 Å². The third-order valence-corrected chi connectivity index (χ3v) is 5.70. The molecule has 0 spiro atoms. The summed E-state index contributed by atoms with van der Waals surface area (Å²) in [6, 6.07) is 17.4. The summed E-state index contributed by atoms with van der Waals surface area (Å²) in [5.74, 6) is 0. The fraction of sp³-hybridized carbons (Fsp3) is 0.304. The van der Waals surface area contributed by atoms with E-state index >= 15 is 0 Å². The van der Waals surface area contributed by atoms with Gasteiger partial charge in [-0.25, -0.2) is 9.36 Å². The number of hydrogen-bond donors (Lipinski definition) is 0. The molecule has 6 heteroatoms. The smallest absolute Gasteiger partial charge is 0.114 e. The minimum Gasteiger partial charge on any atom is -0.334 e. The molecule has 2 aromatic carbocycles. The Balaban J connectivity index is 1.59. The molecule has 1 aliphatic rings. The number of aromatic nitrogens is 4. The topological polar surface area (TPSA) is 42.1 Å². The van der Waals surface area contributed by atoms with Crippen LogP contribution >= 0.6 is 0 Å². The molecule has 6 nitrogen and oxygen atoms in total. The minimum absolute atomic E-state index is 0.723. The lowest BCUT2D eigenvalue weighted by atomic mass is 10.0. The summed E-state index contributed by atoms with van der Waals surface area (Å²) in [6.45, 7) is 10.6. The maximum atomic E-state index is 4.69. The van der Waals surface area contributed by atoms with Gasteiger partial charge in [-0.3, -0.25) is 0 Å². The average molecular weight is 387 g/mol. The van der Waals surface area contributed by atoms with Gasteiger partial charge in [0.2, 0.25) is 0 Å². The van der Waals surface area contributed by atoms with Crippen LogP contribution in [-0.4, -0.2) is 26.2 Å². The average Bonchev–Trinajstić information content (AvgIpc) is 3.18. The molecule has 0 N–H and O–H groups in total. The van der Waals surface area contributed by atoms with Crippen LogP contribution in [0.3, 0.4) is 0 Å². The Bertz CT molecular complexity index is 1110. The van der Waals surface area contributed by atoms with Crippen molar-refractivity contribution in [1.29, 1.82) is 0 Å². The molecule has 0 bridgehead atoms. The maximum Gasteiger partial charge on any atom is 0.114 e. The second-order valence-electron chi connectivity index (χ2n) is 8.01. The lowest BCUT2D eigenvalue weighted by Gasteiger charge is -2.39. The fourth-order valence-corrected chi connectivity index (χ4v) is 4.39. The summed E-state index contributed by atoms with van der Waals surface area (Å²) in [5.41, 5.74) is 6.98. The van der Waals surface area contributed by atoms with Crippen LogP contribution in [0.25, 0.3) is 10.8 Å². The zero-order valence-corrected chi connectivity index (χ0v) is 17.4. The van der Waals surface area contributed by atoms with Gasteiger partial charge in [-0.05, 0) is 57.3 Å². The molecule has 4 aromatic rings. The van der Waals surface area contributed by atoms with E-state index in [9.17, 15) is 0 Å². The normalized spacial score (nSPS) is 13.5. The Morgan fingerprint density at radius 2 is 1.21 bits per heavy atom. The zero-order chi connectivity index (χ0) is 20.1. The van der Waals surface area contributed by atoms with Crippen LogP contribution in [0, 0.1) is 27.7 Å². The third kappa shape index (κ3) is 3.05. The van der Waals surface area contributed by atoms with Gasteiger partial charge in [0.1, 0.15) is 13.3 Å². The van der Waals surface area contributed by atoms with E-state index in [1.54, 1.807) is 0 Å². The number of rotatable bonds is 4. The van der Waals surface area contributed by atoms with Crippen LogP contribution in [-0.2, 0) is 13.3 Å². The van der Waals surface area contributed by atoms with E-state index in [1.807, 2.05) is 13.8 Å². The van der Waals surface area contributed by atoms with Crippen molar-refractivity contribution < 1.29 is 0 Å². The number of aryl methyl sites for hydroxylation is 4. The molecule has 0 amide bonds. The Morgan fingerprint density at radius 1 is 0.724 bits per heavy atom. The number of hydrogen-bond acceptors (Lipinski definition) is 4. The molecule has 0 atom stereocenters. The van der Waals surface area contributed by atoms with Crippen molar-refractivity contribution in [3.8, 4) is 0 Å². The molecule has 1 aliphatic heterocycles. The summed E-state index contributed by atoms with van der Waals surface area (Å²) in [7, 11) is 0. The van der Waals surface area contributed by atoms with Crippen molar-refractivity contribution in [2.75, 3.05) is 16.5 Å². The fourth-order valence-electron chi connectivity index (χ4n) is 4.39. The van der Waals surface area contributed by atoms with Crippen LogP contribution in [0.4, 0.5) is 11.4 Å². The predicted molar refractivity (Wildman–Crippen MR) is 117 cm³/mol. The monoisotopic (exact) mass is 386 g/mol. The van der Waals surface area contributed by atoms with Gasteiger partial charge in [-0.1, -0.05) is 24.3 Å². The van der Waals surface area contributed by atoms with Gasteiger partial charge in [0.05, 0.1) is 18.1 Å². The molecule has 2 aromatic heterocycles. The number of nitrogens with zero attached hydrogens (tertiary/aromatic N) is 6. The number of anilines is 2. The zero-order valence-electron chi connectivity index (χ0n) is 17.4. The van der Waals surface area contributed by atoms with Crippen LogP contribution in [0.5, 0.6) is 0 Å². The molecule has 5 rings (SSSR count). The van der Waals surface area contributed by atoms with Crippen molar-refractivity contribution in [2.24, 2.45) is 0 Å². The second kappa shape index (κ2) is 6.65. The Hall–Kier alpha value is -3.28. The molecule has 0 radical (unpaired) electrons. The van der Waals surface area contributed by atoms with Crippen molar-refractivity contribution in [2.45, 2.75) is 41.0 Å². The largest absolute Gasteiger partial charge is 0.334 e. The summed E-state index contributed by atoms with van der Waals surface area (Å²) in [4.78, 5) is 4.81. The molecule has 0 unspecified atom stereocenters. The predicted octanol–water partition coefficient (Wildman–Crippen LogP) is 4.37. The quantitative estimate of drug-likeness (QED) is 0.522. The first kappa shape index (κ1) is 17.8. The Morgan fingerprint density at radius 3 is 1.62 bits per heavy atom. The Labute approximate surface area is 171 Å². The molecular formula is C23H26N6. The third-order valence-electron chi connectivity index (χ3n) is 5.70. The van der Waals surface area contributed by atoms with Crippen LogP contribution in [0.1, 0.15) is 22.8 Å². The molecule has 0 aliphatic carbocycles. The van der Waals surface area contributed by atoms with Crippen molar-refractivity contribution in [3.05, 3.63) is 71.3 Å². The molecule has 29 heavy (non-hydrogen) atoms. The maximum absolute atomic E-state index is 4.69. The summed E-state index contributed by atoms with van der Waals surface area (Å²) >= 11 is 0. The first-order chi connectivity index (χ1) is 14.0. The molecule has 0 saturated carbocycles. The first-order valence-corrected chi connectivity index (χ1v) is 10.0. The van der Waals surface area contributed by atoms with Crippen molar-refractivity contribution in [1.82, 2.24) is 19.6 Å². The standard InChI is InChI=1S/C23H26N6/c1-16-11-18(3)28(24-16)14-26-13-27(15-29-19(4)12-17(2)25-29)22-10-6-8-20-7-5-9-21(26)23(20)22/h5-12H,13-15H2,1-4H3. The second-order valence-corrected chi connectivity index (χ2v) is 8.01. The van der Waals surface area contributed by atoms with E-state index in [-0.39, 0.29) is 0 Å². The summed E-state index contributed by atoms with van der Waals surface area (Å²) in [6.07, 6.45) is 0. The van der Waals surface area contributed by atoms with Gasteiger partial charge in [0, 0.05) is 28.1 Å². The van der Waals surface area contributed by atoms with E-state index in [2.05, 4.69) is 91.7 Å². The highest BCUT2D eigenvalue weighted by Gasteiger charge is 2.25. The van der Waals surface area contributed by atoms with Crippen molar-refractivity contribution >= 4 is 22.1 Å². The van der Waals surface area contributed by atoms with Crippen LogP contribution in [0.2, 0.25) is 0 Å². The van der Waals surface area contributed by atoms with E-state index in [4.69, 9.17) is 0 Å². The van der Waals surface area contributed by atoms with Gasteiger partial charge in [0.25, 0.3) is 0 Å². The van der Waals surface area contributed by atoms with Crippen LogP contribution in [0.15, 0.2) is 48.5 Å². The van der Waals surface area contributed by atoms with Gasteiger partial charge in [-0.2, -0.15) is 10.2 Å². The van der Waals surface area contributed by atoms with Crippen molar-refractivity contribution in [3.63, 3.8) is 0 Å². The highest BCUT2D eigenvalue weighted by Crippen LogP contribution is 2.39. The molecule has 3 heterocycles. The molecule has 0 fully saturated rings. The first-order valence-electron chi connectivity index (χ1n) is 10.0. The summed E-state index contributed by atoms with van der Waals surface area (Å²) < 4.78 is 4.17. The molecule has 0 saturated heterocycles. The van der Waals surface area contributed by atoms with E-state index in [0.29, 0.717) is 0 Å². The van der Waals surface area contributed by atoms with Gasteiger partial charge in [0.15, 0.2) is 0 Å².